The third-order valence-corrected chi connectivity index (χ3v) is 8.42. The Morgan fingerprint density at radius 1 is 0.902 bits per heavy atom. The van der Waals surface area contributed by atoms with Crippen LogP contribution in [0.15, 0.2) is 64.5 Å². The van der Waals surface area contributed by atoms with Crippen LogP contribution in [0, 0.1) is 20.8 Å². The molecule has 1 amide bonds. The summed E-state index contributed by atoms with van der Waals surface area (Å²) >= 11 is 1.32. The molecule has 1 saturated heterocycles. The molecule has 1 aliphatic heterocycles. The number of carbonyl (C=O) groups is 1. The molecule has 1 aromatic heterocycles. The number of fused-ring (bicyclic) bond motifs is 1. The Morgan fingerprint density at radius 2 is 1.56 bits per heavy atom. The summed E-state index contributed by atoms with van der Waals surface area (Å²) in [6, 6.07) is 17.4. The summed E-state index contributed by atoms with van der Waals surface area (Å²) in [5.74, 6) is 1.71. The van der Waals surface area contributed by atoms with Crippen LogP contribution in [-0.4, -0.2) is 71.4 Å². The van der Waals surface area contributed by atoms with Crippen molar-refractivity contribution in [2.75, 3.05) is 46.2 Å². The number of hydrogen-bond acceptors (Lipinski definition) is 7. The van der Waals surface area contributed by atoms with Crippen LogP contribution in [0.25, 0.3) is 16.6 Å². The minimum absolute atomic E-state index is 0.0475. The number of piperazine rings is 1. The fourth-order valence-electron chi connectivity index (χ4n) is 5.32. The molecule has 9 heteroatoms. The average Bonchev–Trinajstić information content (AvgIpc) is 2.96. The first-order chi connectivity index (χ1) is 19.8. The van der Waals surface area contributed by atoms with Crippen LogP contribution < -0.4 is 15.0 Å². The van der Waals surface area contributed by atoms with Gasteiger partial charge in [-0.3, -0.25) is 19.1 Å². The van der Waals surface area contributed by atoms with Gasteiger partial charge >= 0.3 is 0 Å². The maximum absolute atomic E-state index is 13.6. The number of rotatable bonds is 8. The Morgan fingerprint density at radius 3 is 2.24 bits per heavy atom. The van der Waals surface area contributed by atoms with Crippen molar-refractivity contribution < 1.29 is 14.3 Å². The van der Waals surface area contributed by atoms with Crippen LogP contribution in [0.4, 0.5) is 0 Å². The molecule has 214 valence electrons. The van der Waals surface area contributed by atoms with E-state index in [4.69, 9.17) is 14.5 Å². The normalized spacial score (nSPS) is 13.9. The first kappa shape index (κ1) is 28.7. The number of thioether (sulfide) groups is 1. The van der Waals surface area contributed by atoms with Gasteiger partial charge in [-0.2, -0.15) is 0 Å². The van der Waals surface area contributed by atoms with Crippen molar-refractivity contribution in [3.8, 4) is 17.2 Å². The minimum Gasteiger partial charge on any atom is -0.493 e. The third kappa shape index (κ3) is 6.26. The van der Waals surface area contributed by atoms with E-state index in [1.807, 2.05) is 61.2 Å². The number of methoxy groups -OCH3 is 2. The summed E-state index contributed by atoms with van der Waals surface area (Å²) in [5, 5.41) is 1.08. The van der Waals surface area contributed by atoms with Crippen LogP contribution in [0.2, 0.25) is 0 Å². The fraction of sp³-hybridized carbons (Fsp3) is 0.344. The number of para-hydroxylation sites is 1. The van der Waals surface area contributed by atoms with Gasteiger partial charge in [0.2, 0.25) is 5.91 Å². The predicted octanol–water partition coefficient (Wildman–Crippen LogP) is 4.76. The first-order valence-corrected chi connectivity index (χ1v) is 14.7. The molecule has 0 aliphatic carbocycles. The van der Waals surface area contributed by atoms with Crippen molar-refractivity contribution in [2.24, 2.45) is 0 Å². The molecule has 8 nitrogen and oxygen atoms in total. The predicted molar refractivity (Wildman–Crippen MR) is 164 cm³/mol. The van der Waals surface area contributed by atoms with Gasteiger partial charge in [0, 0.05) is 32.7 Å². The monoisotopic (exact) mass is 572 g/mol. The van der Waals surface area contributed by atoms with Crippen molar-refractivity contribution in [1.82, 2.24) is 19.4 Å². The maximum atomic E-state index is 13.6. The van der Waals surface area contributed by atoms with Crippen LogP contribution in [0.1, 0.15) is 22.3 Å². The number of ether oxygens (including phenoxy) is 2. The van der Waals surface area contributed by atoms with Gasteiger partial charge in [0.15, 0.2) is 16.7 Å². The molecule has 0 atom stereocenters. The average molecular weight is 573 g/mol. The highest BCUT2D eigenvalue weighted by atomic mass is 32.2. The second-order valence-corrected chi connectivity index (χ2v) is 11.4. The number of aromatic nitrogens is 2. The van der Waals surface area contributed by atoms with Crippen molar-refractivity contribution in [3.63, 3.8) is 0 Å². The molecular formula is C32H36N4O4S. The Balaban J connectivity index is 1.28. The lowest BCUT2D eigenvalue weighted by molar-refractivity contribution is -0.130. The maximum Gasteiger partial charge on any atom is 0.266 e. The Bertz CT molecular complexity index is 1620. The topological polar surface area (TPSA) is 76.9 Å². The van der Waals surface area contributed by atoms with Crippen LogP contribution in [0.5, 0.6) is 11.5 Å². The molecule has 41 heavy (non-hydrogen) atoms. The lowest BCUT2D eigenvalue weighted by Gasteiger charge is -2.35. The summed E-state index contributed by atoms with van der Waals surface area (Å²) in [4.78, 5) is 36.0. The molecule has 5 rings (SSSR count). The molecule has 3 aromatic carbocycles. The van der Waals surface area contributed by atoms with E-state index in [0.29, 0.717) is 29.1 Å². The number of hydrogen-bond donors (Lipinski definition) is 0. The fourth-order valence-corrected chi connectivity index (χ4v) is 6.24. The number of benzene rings is 3. The van der Waals surface area contributed by atoms with E-state index < -0.39 is 0 Å². The molecule has 0 N–H and O–H groups in total. The van der Waals surface area contributed by atoms with Gasteiger partial charge in [-0.15, -0.1) is 0 Å². The Hall–Kier alpha value is -3.82. The van der Waals surface area contributed by atoms with Gasteiger partial charge in [-0.25, -0.2) is 4.98 Å². The summed E-state index contributed by atoms with van der Waals surface area (Å²) in [6.45, 7) is 9.76. The Labute approximate surface area is 244 Å². The second-order valence-electron chi connectivity index (χ2n) is 10.5. The van der Waals surface area contributed by atoms with E-state index in [-0.39, 0.29) is 17.2 Å². The van der Waals surface area contributed by atoms with Crippen molar-refractivity contribution in [2.45, 2.75) is 32.5 Å². The zero-order valence-corrected chi connectivity index (χ0v) is 25.1. The lowest BCUT2D eigenvalue weighted by atomic mass is 10.1. The SMILES string of the molecule is COc1cc(C)c(CN2CCN(C(=O)CSc3nc4ccccc4c(=O)n3-c3cc(C)cc(C)c3)CC2)cc1OC. The molecule has 0 radical (unpaired) electrons. The van der Waals surface area contributed by atoms with Gasteiger partial charge in [0.1, 0.15) is 0 Å². The van der Waals surface area contributed by atoms with Gasteiger partial charge in [-0.1, -0.05) is 30.0 Å². The molecule has 0 saturated carbocycles. The van der Waals surface area contributed by atoms with Crippen LogP contribution in [-0.2, 0) is 11.3 Å². The summed E-state index contributed by atoms with van der Waals surface area (Å²) in [5.41, 5.74) is 5.73. The quantitative estimate of drug-likeness (QED) is 0.223. The van der Waals surface area contributed by atoms with Gasteiger partial charge in [0.05, 0.1) is 36.6 Å². The zero-order chi connectivity index (χ0) is 29.1. The van der Waals surface area contributed by atoms with Crippen molar-refractivity contribution >= 4 is 28.6 Å². The smallest absolute Gasteiger partial charge is 0.266 e. The lowest BCUT2D eigenvalue weighted by Crippen LogP contribution is -2.48. The zero-order valence-electron chi connectivity index (χ0n) is 24.3. The molecule has 0 bridgehead atoms. The molecular weight excluding hydrogens is 536 g/mol. The van der Waals surface area contributed by atoms with E-state index >= 15 is 0 Å². The number of amides is 1. The van der Waals surface area contributed by atoms with E-state index in [1.165, 1.54) is 17.3 Å². The standard InChI is InChI=1S/C32H36N4O4S/c1-21-14-22(2)16-25(15-21)36-31(38)26-8-6-7-9-27(26)33-32(36)41-20-30(37)35-12-10-34(11-13-35)19-24-18-29(40-5)28(39-4)17-23(24)3/h6-9,14-18H,10-13,19-20H2,1-5H3. The largest absolute Gasteiger partial charge is 0.493 e. The van der Waals surface area contributed by atoms with E-state index in [9.17, 15) is 9.59 Å². The molecule has 2 heterocycles. The third-order valence-electron chi connectivity index (χ3n) is 7.50. The van der Waals surface area contributed by atoms with Crippen molar-refractivity contribution in [3.05, 3.63) is 87.2 Å². The molecule has 0 spiro atoms. The first-order valence-electron chi connectivity index (χ1n) is 13.7. The Kier molecular flexibility index (Phi) is 8.65. The highest BCUT2D eigenvalue weighted by molar-refractivity contribution is 7.99. The summed E-state index contributed by atoms with van der Waals surface area (Å²) in [7, 11) is 3.29. The van der Waals surface area contributed by atoms with Gasteiger partial charge < -0.3 is 14.4 Å². The molecule has 1 aliphatic rings. The number of carbonyl (C=O) groups excluding carboxylic acids is 1. The molecule has 1 fully saturated rings. The molecule has 4 aromatic rings. The molecule has 0 unspecified atom stereocenters. The van der Waals surface area contributed by atoms with E-state index in [0.717, 1.165) is 53.5 Å². The van der Waals surface area contributed by atoms with E-state index in [2.05, 4.69) is 17.9 Å². The van der Waals surface area contributed by atoms with E-state index in [1.54, 1.807) is 24.9 Å². The number of aryl methyl sites for hydroxylation is 3. The minimum atomic E-state index is -0.130. The highest BCUT2D eigenvalue weighted by Gasteiger charge is 2.23. The second kappa shape index (κ2) is 12.4. The highest BCUT2D eigenvalue weighted by Crippen LogP contribution is 2.31. The van der Waals surface area contributed by atoms with Gasteiger partial charge in [-0.05, 0) is 79.4 Å². The summed E-state index contributed by atoms with van der Waals surface area (Å²) in [6.07, 6.45) is 0. The van der Waals surface area contributed by atoms with Crippen LogP contribution >= 0.6 is 11.8 Å². The summed E-state index contributed by atoms with van der Waals surface area (Å²) < 4.78 is 12.5. The number of nitrogens with zero attached hydrogens (tertiary/aromatic N) is 4. The van der Waals surface area contributed by atoms with Crippen LogP contribution in [0.3, 0.4) is 0 Å². The van der Waals surface area contributed by atoms with Crippen molar-refractivity contribution in [1.29, 1.82) is 0 Å². The van der Waals surface area contributed by atoms with Gasteiger partial charge in [0.25, 0.3) is 5.56 Å².